The Hall–Kier alpha value is -3.42. The summed E-state index contributed by atoms with van der Waals surface area (Å²) in [5, 5.41) is 0.620. The summed E-state index contributed by atoms with van der Waals surface area (Å²) in [4.78, 5) is 27.4. The van der Waals surface area contributed by atoms with E-state index in [-0.39, 0.29) is 18.2 Å². The Morgan fingerprint density at radius 2 is 1.80 bits per heavy atom. The topological polar surface area (TPSA) is 47.8 Å². The van der Waals surface area contributed by atoms with E-state index in [1.54, 1.807) is 43.0 Å². The number of fused-ring (bicyclic) bond motifs is 3. The SMILES string of the molecule is CCOC(=O)c1c2c(C(=O)c3ccccc3)sc(SCc3ccc(F)cc3)c2n2ccc(C)cc12. The van der Waals surface area contributed by atoms with Gasteiger partial charge in [0, 0.05) is 22.9 Å². The molecule has 0 atom stereocenters. The number of aryl methyl sites for hydroxylation is 1. The third-order valence-electron chi connectivity index (χ3n) is 5.71. The van der Waals surface area contributed by atoms with Gasteiger partial charge in [-0.3, -0.25) is 4.79 Å². The molecule has 176 valence electrons. The number of esters is 1. The van der Waals surface area contributed by atoms with E-state index in [1.165, 1.54) is 23.5 Å². The molecule has 0 fully saturated rings. The zero-order chi connectivity index (χ0) is 24.5. The van der Waals surface area contributed by atoms with Crippen LogP contribution in [0.15, 0.2) is 77.1 Å². The first-order chi connectivity index (χ1) is 17.0. The van der Waals surface area contributed by atoms with Crippen LogP contribution < -0.4 is 0 Å². The lowest BCUT2D eigenvalue weighted by Crippen LogP contribution is -2.06. The zero-order valence-corrected chi connectivity index (χ0v) is 20.8. The molecule has 7 heteroatoms. The van der Waals surface area contributed by atoms with Gasteiger partial charge in [-0.1, -0.05) is 42.5 Å². The molecule has 0 aliphatic rings. The van der Waals surface area contributed by atoms with Crippen molar-refractivity contribution < 1.29 is 18.7 Å². The van der Waals surface area contributed by atoms with Gasteiger partial charge in [0.2, 0.25) is 5.78 Å². The maximum Gasteiger partial charge on any atom is 0.341 e. The van der Waals surface area contributed by atoms with Crippen LogP contribution in [-0.4, -0.2) is 22.8 Å². The van der Waals surface area contributed by atoms with Crippen molar-refractivity contribution in [2.75, 3.05) is 6.61 Å². The number of aromatic nitrogens is 1. The molecule has 35 heavy (non-hydrogen) atoms. The van der Waals surface area contributed by atoms with Gasteiger partial charge >= 0.3 is 5.97 Å². The van der Waals surface area contributed by atoms with Gasteiger partial charge in [-0.05, 0) is 49.2 Å². The third kappa shape index (κ3) is 4.37. The molecule has 0 aliphatic heterocycles. The highest BCUT2D eigenvalue weighted by Gasteiger charge is 2.29. The third-order valence-corrected chi connectivity index (χ3v) is 8.22. The van der Waals surface area contributed by atoms with Crippen molar-refractivity contribution in [3.63, 3.8) is 0 Å². The number of thiophene rings is 1. The molecule has 0 unspecified atom stereocenters. The first-order valence-electron chi connectivity index (χ1n) is 11.2. The standard InChI is InChI=1S/C28H22FNO3S2/c1-3-33-27(32)22-21-15-17(2)13-14-30(21)24-23(22)26(25(31)19-7-5-4-6-8-19)35-28(24)34-16-18-9-11-20(29)12-10-18/h4-15H,3,16H2,1-2H3. The molecule has 0 aliphatic carbocycles. The van der Waals surface area contributed by atoms with Crippen molar-refractivity contribution in [1.82, 2.24) is 4.40 Å². The van der Waals surface area contributed by atoms with Crippen molar-refractivity contribution in [3.05, 3.63) is 106 Å². The molecule has 2 aromatic carbocycles. The molecule has 3 heterocycles. The quantitative estimate of drug-likeness (QED) is 0.133. The number of ether oxygens (including phenoxy) is 1. The predicted molar refractivity (Wildman–Crippen MR) is 139 cm³/mol. The van der Waals surface area contributed by atoms with Gasteiger partial charge in [-0.15, -0.1) is 23.1 Å². The Balaban J connectivity index is 1.74. The molecule has 0 saturated heterocycles. The number of ketones is 1. The van der Waals surface area contributed by atoms with E-state index in [1.807, 2.05) is 47.9 Å². The van der Waals surface area contributed by atoms with Crippen LogP contribution in [0.2, 0.25) is 0 Å². The number of pyridine rings is 1. The summed E-state index contributed by atoms with van der Waals surface area (Å²) in [5.74, 6) is -0.254. The summed E-state index contributed by atoms with van der Waals surface area (Å²) >= 11 is 2.95. The summed E-state index contributed by atoms with van der Waals surface area (Å²) in [6, 6.07) is 19.4. The normalized spacial score (nSPS) is 11.3. The first kappa shape index (κ1) is 23.3. The molecule has 0 bridgehead atoms. The number of carbonyl (C=O) groups is 2. The Labute approximate surface area is 210 Å². The van der Waals surface area contributed by atoms with Crippen LogP contribution in [-0.2, 0) is 10.5 Å². The monoisotopic (exact) mass is 503 g/mol. The maximum atomic E-state index is 13.7. The van der Waals surface area contributed by atoms with Crippen LogP contribution in [0.4, 0.5) is 4.39 Å². The molecule has 0 N–H and O–H groups in total. The number of benzene rings is 2. The molecule has 0 spiro atoms. The second-order valence-corrected chi connectivity index (χ2v) is 10.4. The molecule has 0 amide bonds. The molecule has 0 saturated carbocycles. The molecule has 5 rings (SSSR count). The van der Waals surface area contributed by atoms with E-state index < -0.39 is 5.97 Å². The number of nitrogens with zero attached hydrogens (tertiary/aromatic N) is 1. The number of hydrogen-bond acceptors (Lipinski definition) is 5. The van der Waals surface area contributed by atoms with Gasteiger partial charge in [0.15, 0.2) is 0 Å². The van der Waals surface area contributed by atoms with Crippen molar-refractivity contribution >= 4 is 51.3 Å². The second kappa shape index (κ2) is 9.68. The summed E-state index contributed by atoms with van der Waals surface area (Å²) in [5.41, 5.74) is 4.48. The molecular formula is C28H22FNO3S2. The molecule has 0 radical (unpaired) electrons. The van der Waals surface area contributed by atoms with Crippen LogP contribution in [0.3, 0.4) is 0 Å². The van der Waals surface area contributed by atoms with Crippen molar-refractivity contribution in [2.24, 2.45) is 0 Å². The van der Waals surface area contributed by atoms with Crippen molar-refractivity contribution in [2.45, 2.75) is 23.8 Å². The fourth-order valence-corrected chi connectivity index (χ4v) is 6.58. The van der Waals surface area contributed by atoms with E-state index in [9.17, 15) is 14.0 Å². The average Bonchev–Trinajstić information content (AvgIpc) is 3.39. The van der Waals surface area contributed by atoms with Gasteiger partial charge in [-0.2, -0.15) is 0 Å². The Bertz CT molecular complexity index is 1550. The average molecular weight is 504 g/mol. The smallest absolute Gasteiger partial charge is 0.341 e. The largest absolute Gasteiger partial charge is 0.462 e. The summed E-state index contributed by atoms with van der Waals surface area (Å²) in [6.45, 7) is 3.98. The van der Waals surface area contributed by atoms with Crippen LogP contribution in [0.1, 0.15) is 43.6 Å². The Kier molecular flexibility index (Phi) is 6.45. The molecule has 3 aromatic heterocycles. The number of hydrogen-bond donors (Lipinski definition) is 0. The van der Waals surface area contributed by atoms with Crippen LogP contribution >= 0.6 is 23.1 Å². The van der Waals surface area contributed by atoms with Crippen molar-refractivity contribution in [3.8, 4) is 0 Å². The molecule has 4 nitrogen and oxygen atoms in total. The van der Waals surface area contributed by atoms with E-state index in [2.05, 4.69) is 0 Å². The van der Waals surface area contributed by atoms with Gasteiger partial charge in [0.25, 0.3) is 0 Å². The van der Waals surface area contributed by atoms with Gasteiger partial charge in [0.1, 0.15) is 5.82 Å². The Morgan fingerprint density at radius 1 is 1.06 bits per heavy atom. The Morgan fingerprint density at radius 3 is 2.51 bits per heavy atom. The van der Waals surface area contributed by atoms with Crippen molar-refractivity contribution in [1.29, 1.82) is 0 Å². The number of carbonyl (C=O) groups excluding carboxylic acids is 2. The first-order valence-corrected chi connectivity index (χ1v) is 13.0. The van der Waals surface area contributed by atoms with Crippen LogP contribution in [0.25, 0.3) is 16.4 Å². The second-order valence-electron chi connectivity index (χ2n) is 8.11. The fraction of sp³-hybridized carbons (Fsp3) is 0.143. The van der Waals surface area contributed by atoms with Gasteiger partial charge < -0.3 is 9.14 Å². The van der Waals surface area contributed by atoms with Gasteiger partial charge in [0.05, 0.1) is 32.3 Å². The predicted octanol–water partition coefficient (Wildman–Crippen LogP) is 7.30. The number of rotatable bonds is 7. The lowest BCUT2D eigenvalue weighted by atomic mass is 10.1. The van der Waals surface area contributed by atoms with Crippen LogP contribution in [0, 0.1) is 12.7 Å². The lowest BCUT2D eigenvalue weighted by Gasteiger charge is -2.05. The minimum atomic E-state index is -0.444. The highest BCUT2D eigenvalue weighted by atomic mass is 32.2. The minimum absolute atomic E-state index is 0.132. The summed E-state index contributed by atoms with van der Waals surface area (Å²) in [7, 11) is 0. The van der Waals surface area contributed by atoms with E-state index in [4.69, 9.17) is 4.74 Å². The maximum absolute atomic E-state index is 13.7. The zero-order valence-electron chi connectivity index (χ0n) is 19.2. The highest BCUT2D eigenvalue weighted by molar-refractivity contribution is 8.00. The minimum Gasteiger partial charge on any atom is -0.462 e. The molecule has 5 aromatic rings. The lowest BCUT2D eigenvalue weighted by molar-refractivity contribution is 0.0531. The summed E-state index contributed by atoms with van der Waals surface area (Å²) < 4.78 is 21.7. The number of thioether (sulfide) groups is 1. The van der Waals surface area contributed by atoms with E-state index in [0.717, 1.165) is 20.9 Å². The highest BCUT2D eigenvalue weighted by Crippen LogP contribution is 2.44. The fourth-order valence-electron chi connectivity index (χ4n) is 4.09. The van der Waals surface area contributed by atoms with Crippen LogP contribution in [0.5, 0.6) is 0 Å². The summed E-state index contributed by atoms with van der Waals surface area (Å²) in [6.07, 6.45) is 1.93. The number of halogens is 1. The van der Waals surface area contributed by atoms with E-state index in [0.29, 0.717) is 32.7 Å². The van der Waals surface area contributed by atoms with Gasteiger partial charge in [-0.25, -0.2) is 9.18 Å². The van der Waals surface area contributed by atoms with E-state index >= 15 is 0 Å². The molecular weight excluding hydrogens is 481 g/mol.